The van der Waals surface area contributed by atoms with Gasteiger partial charge >= 0.3 is 0 Å². The molecule has 0 spiro atoms. The number of sulfonamides is 1. The van der Waals surface area contributed by atoms with Gasteiger partial charge in [0.1, 0.15) is 0 Å². The molecule has 0 aliphatic rings. The number of hydrogen-bond donors (Lipinski definition) is 1. The van der Waals surface area contributed by atoms with Crippen LogP contribution in [0.2, 0.25) is 0 Å². The molecule has 0 saturated carbocycles. The van der Waals surface area contributed by atoms with Crippen LogP contribution in [0.4, 0.5) is 5.69 Å². The van der Waals surface area contributed by atoms with Crippen molar-refractivity contribution in [1.29, 1.82) is 0 Å². The average Bonchev–Trinajstić information content (AvgIpc) is 2.70. The second-order valence-electron chi connectivity index (χ2n) is 7.04. The van der Waals surface area contributed by atoms with E-state index >= 15 is 0 Å². The highest BCUT2D eigenvalue weighted by molar-refractivity contribution is 7.89. The molecule has 5 nitrogen and oxygen atoms in total. The molecule has 6 heteroatoms. The summed E-state index contributed by atoms with van der Waals surface area (Å²) in [6.07, 6.45) is 0.637. The van der Waals surface area contributed by atoms with E-state index in [4.69, 9.17) is 0 Å². The number of carbonyl (C=O) groups excluding carboxylic acids is 1. The summed E-state index contributed by atoms with van der Waals surface area (Å²) < 4.78 is 26.2. The van der Waals surface area contributed by atoms with Crippen LogP contribution in [0.1, 0.15) is 27.0 Å². The molecule has 0 radical (unpaired) electrons. The van der Waals surface area contributed by atoms with Gasteiger partial charge in [-0.05, 0) is 48.2 Å². The number of nitrogens with zero attached hydrogens (tertiary/aromatic N) is 1. The van der Waals surface area contributed by atoms with Gasteiger partial charge < -0.3 is 5.32 Å². The summed E-state index contributed by atoms with van der Waals surface area (Å²) in [6.45, 7) is 1.73. The largest absolute Gasteiger partial charge is 0.322 e. The SMILES string of the molecule is Cc1ccc(NC(=O)c2ccccc2Cc2ccccc2)cc1S(=O)(=O)N(C)C. The predicted octanol–water partition coefficient (Wildman–Crippen LogP) is 4.09. The third-order valence-electron chi connectivity index (χ3n) is 4.70. The Morgan fingerprint density at radius 3 is 2.28 bits per heavy atom. The van der Waals surface area contributed by atoms with Gasteiger partial charge in [-0.25, -0.2) is 12.7 Å². The van der Waals surface area contributed by atoms with Gasteiger partial charge in [0.25, 0.3) is 5.91 Å². The summed E-state index contributed by atoms with van der Waals surface area (Å²) in [5, 5.41) is 2.84. The molecule has 3 aromatic carbocycles. The molecule has 0 bridgehead atoms. The molecule has 0 heterocycles. The normalized spacial score (nSPS) is 11.4. The van der Waals surface area contributed by atoms with Crippen molar-refractivity contribution in [3.8, 4) is 0 Å². The number of benzene rings is 3. The molecule has 1 amide bonds. The maximum Gasteiger partial charge on any atom is 0.255 e. The molecule has 0 fully saturated rings. The van der Waals surface area contributed by atoms with Crippen LogP contribution < -0.4 is 5.32 Å². The zero-order valence-electron chi connectivity index (χ0n) is 16.7. The van der Waals surface area contributed by atoms with E-state index in [2.05, 4.69) is 5.32 Å². The van der Waals surface area contributed by atoms with Crippen molar-refractivity contribution in [1.82, 2.24) is 4.31 Å². The predicted molar refractivity (Wildman–Crippen MR) is 116 cm³/mol. The molecular formula is C23H24N2O3S. The van der Waals surface area contributed by atoms with Crippen LogP contribution in [0.25, 0.3) is 0 Å². The molecule has 1 N–H and O–H groups in total. The summed E-state index contributed by atoms with van der Waals surface area (Å²) in [5.74, 6) is -0.270. The number of nitrogens with one attached hydrogen (secondary N) is 1. The van der Waals surface area contributed by atoms with Gasteiger partial charge in [0, 0.05) is 25.3 Å². The van der Waals surface area contributed by atoms with Crippen molar-refractivity contribution in [3.63, 3.8) is 0 Å². The van der Waals surface area contributed by atoms with Crippen LogP contribution in [-0.4, -0.2) is 32.7 Å². The second kappa shape index (κ2) is 8.59. The van der Waals surface area contributed by atoms with Crippen LogP contribution >= 0.6 is 0 Å². The van der Waals surface area contributed by atoms with Crippen molar-refractivity contribution in [2.24, 2.45) is 0 Å². The molecule has 0 saturated heterocycles. The Morgan fingerprint density at radius 2 is 1.59 bits per heavy atom. The Morgan fingerprint density at radius 1 is 0.931 bits per heavy atom. The lowest BCUT2D eigenvalue weighted by atomic mass is 9.99. The van der Waals surface area contributed by atoms with Gasteiger partial charge in [-0.15, -0.1) is 0 Å². The Balaban J connectivity index is 1.88. The van der Waals surface area contributed by atoms with Gasteiger partial charge in [0.2, 0.25) is 10.0 Å². The van der Waals surface area contributed by atoms with E-state index in [-0.39, 0.29) is 10.8 Å². The third kappa shape index (κ3) is 4.72. The highest BCUT2D eigenvalue weighted by atomic mass is 32.2. The van der Waals surface area contributed by atoms with Gasteiger partial charge in [0.05, 0.1) is 4.90 Å². The van der Waals surface area contributed by atoms with Crippen LogP contribution in [0.3, 0.4) is 0 Å². The number of aryl methyl sites for hydroxylation is 1. The number of carbonyl (C=O) groups is 1. The molecule has 0 aromatic heterocycles. The zero-order chi connectivity index (χ0) is 21.0. The van der Waals surface area contributed by atoms with E-state index in [1.807, 2.05) is 48.5 Å². The summed E-state index contributed by atoms with van der Waals surface area (Å²) in [7, 11) is -0.625. The molecule has 0 aliphatic heterocycles. The molecule has 150 valence electrons. The molecule has 0 atom stereocenters. The molecule has 0 aliphatic carbocycles. The molecule has 29 heavy (non-hydrogen) atoms. The highest BCUT2D eigenvalue weighted by Gasteiger charge is 2.21. The minimum Gasteiger partial charge on any atom is -0.322 e. The second-order valence-corrected chi connectivity index (χ2v) is 9.16. The Hall–Kier alpha value is -2.96. The first-order chi connectivity index (χ1) is 13.8. The van der Waals surface area contributed by atoms with Crippen LogP contribution in [0.15, 0.2) is 77.7 Å². The smallest absolute Gasteiger partial charge is 0.255 e. The van der Waals surface area contributed by atoms with Gasteiger partial charge in [0.15, 0.2) is 0 Å². The van der Waals surface area contributed by atoms with Gasteiger partial charge in [-0.3, -0.25) is 4.79 Å². The van der Waals surface area contributed by atoms with Crippen LogP contribution in [-0.2, 0) is 16.4 Å². The lowest BCUT2D eigenvalue weighted by Crippen LogP contribution is -2.23. The van der Waals surface area contributed by atoms with Crippen molar-refractivity contribution in [2.75, 3.05) is 19.4 Å². The highest BCUT2D eigenvalue weighted by Crippen LogP contribution is 2.23. The van der Waals surface area contributed by atoms with Crippen molar-refractivity contribution >= 4 is 21.6 Å². The Bertz CT molecular complexity index is 1120. The number of rotatable bonds is 6. The summed E-state index contributed by atoms with van der Waals surface area (Å²) in [6, 6.07) is 22.3. The minimum absolute atomic E-state index is 0.179. The van der Waals surface area contributed by atoms with Crippen molar-refractivity contribution in [2.45, 2.75) is 18.2 Å². The maximum atomic E-state index is 12.9. The van der Waals surface area contributed by atoms with E-state index < -0.39 is 10.0 Å². The number of anilines is 1. The summed E-state index contributed by atoms with van der Waals surface area (Å²) >= 11 is 0. The summed E-state index contributed by atoms with van der Waals surface area (Å²) in [4.78, 5) is 13.1. The molecule has 0 unspecified atom stereocenters. The molecule has 3 rings (SSSR count). The van der Waals surface area contributed by atoms with Crippen LogP contribution in [0, 0.1) is 6.92 Å². The number of hydrogen-bond acceptors (Lipinski definition) is 3. The lowest BCUT2D eigenvalue weighted by Gasteiger charge is -2.15. The van der Waals surface area contributed by atoms with Crippen LogP contribution in [0.5, 0.6) is 0 Å². The van der Waals surface area contributed by atoms with Gasteiger partial charge in [-0.1, -0.05) is 54.6 Å². The molecular weight excluding hydrogens is 384 g/mol. The fourth-order valence-corrected chi connectivity index (χ4v) is 4.21. The zero-order valence-corrected chi connectivity index (χ0v) is 17.5. The quantitative estimate of drug-likeness (QED) is 0.668. The number of amides is 1. The fraction of sp³-hybridized carbons (Fsp3) is 0.174. The van der Waals surface area contributed by atoms with E-state index in [0.29, 0.717) is 23.2 Å². The molecule has 3 aromatic rings. The van der Waals surface area contributed by atoms with Crippen molar-refractivity contribution < 1.29 is 13.2 Å². The minimum atomic E-state index is -3.60. The Labute approximate surface area is 172 Å². The summed E-state index contributed by atoms with van der Waals surface area (Å²) in [5.41, 5.74) is 3.65. The Kier molecular flexibility index (Phi) is 6.15. The standard InChI is InChI=1S/C23H24N2O3S/c1-17-13-14-20(16-22(17)29(27,28)25(2)3)24-23(26)21-12-8-7-11-19(21)15-18-9-5-4-6-10-18/h4-14,16H,15H2,1-3H3,(H,24,26). The van der Waals surface area contributed by atoms with Gasteiger partial charge in [-0.2, -0.15) is 0 Å². The van der Waals surface area contributed by atoms with E-state index in [0.717, 1.165) is 15.4 Å². The first-order valence-electron chi connectivity index (χ1n) is 9.25. The van der Waals surface area contributed by atoms with E-state index in [9.17, 15) is 13.2 Å². The maximum absolute atomic E-state index is 12.9. The fourth-order valence-electron chi connectivity index (χ4n) is 3.06. The lowest BCUT2D eigenvalue weighted by molar-refractivity contribution is 0.102. The van der Waals surface area contributed by atoms with E-state index in [1.54, 1.807) is 25.1 Å². The third-order valence-corrected chi connectivity index (χ3v) is 6.66. The average molecular weight is 409 g/mol. The van der Waals surface area contributed by atoms with E-state index in [1.165, 1.54) is 20.2 Å². The van der Waals surface area contributed by atoms with Crippen molar-refractivity contribution in [3.05, 3.63) is 95.1 Å². The monoisotopic (exact) mass is 408 g/mol. The topological polar surface area (TPSA) is 66.5 Å². The first kappa shape index (κ1) is 20.8. The first-order valence-corrected chi connectivity index (χ1v) is 10.7.